The molecule has 2 aliphatic carbocycles. The molecule has 50 heavy (non-hydrogen) atoms. The van der Waals surface area contributed by atoms with Crippen LogP contribution in [0.3, 0.4) is 0 Å². The van der Waals surface area contributed by atoms with E-state index in [-0.39, 0.29) is 25.6 Å². The summed E-state index contributed by atoms with van der Waals surface area (Å²) >= 11 is 0. The maximum Gasteiger partial charge on any atom is 0.332 e. The van der Waals surface area contributed by atoms with Gasteiger partial charge < -0.3 is 48.1 Å². The molecule has 2 N–H and O–H groups in total. The van der Waals surface area contributed by atoms with Crippen molar-refractivity contribution < 1.29 is 76.9 Å². The van der Waals surface area contributed by atoms with Gasteiger partial charge in [-0.25, -0.2) is 4.79 Å². The van der Waals surface area contributed by atoms with E-state index in [0.717, 1.165) is 20.8 Å². The Morgan fingerprint density at radius 1 is 0.940 bits per heavy atom. The second-order valence-electron chi connectivity index (χ2n) is 13.8. The lowest BCUT2D eigenvalue weighted by Gasteiger charge is -2.59. The van der Waals surface area contributed by atoms with E-state index in [4.69, 9.17) is 37.9 Å². The molecule has 0 aromatic rings. The molecule has 0 radical (unpaired) electrons. The molecule has 16 nitrogen and oxygen atoms in total. The second-order valence-corrected chi connectivity index (χ2v) is 13.8. The van der Waals surface area contributed by atoms with Crippen molar-refractivity contribution >= 4 is 35.8 Å². The Hall–Kier alpha value is -3.86. The standard InChI is InChI=1S/C34H46O16/c1-16(2)11-24(39)50-29-26(45-18(4)36)28(46-19(5)37)32(7)22(48-25(40)13-35)10-9-21(14-43-8)12-23-34(42,17(3)31(41)49-23)30(47-20(6)38)27(32)33(29)15-44-33/h9-10,12,16-17,22-23,26-30,35,42H,11,13-15H2,1-8H3/b10-9-,21-12+/t17-,22-,23-,26+,27+,28-,29+,30-,32+,33-,34-/m0/s1. The van der Waals surface area contributed by atoms with Crippen LogP contribution in [0.15, 0.2) is 23.8 Å². The molecule has 0 aromatic heterocycles. The van der Waals surface area contributed by atoms with Gasteiger partial charge in [-0.1, -0.05) is 26.8 Å². The molecule has 1 spiro atoms. The highest BCUT2D eigenvalue weighted by atomic mass is 16.7. The molecule has 4 rings (SSSR count). The summed E-state index contributed by atoms with van der Waals surface area (Å²) in [5.41, 5.74) is -5.77. The third kappa shape index (κ3) is 7.16. The third-order valence-corrected chi connectivity index (χ3v) is 9.75. The minimum absolute atomic E-state index is 0.0785. The molecular formula is C34H46O16. The Balaban J connectivity index is 2.16. The van der Waals surface area contributed by atoms with E-state index in [2.05, 4.69) is 0 Å². The molecule has 2 saturated heterocycles. The topological polar surface area (TPSA) is 220 Å². The lowest BCUT2D eigenvalue weighted by molar-refractivity contribution is -0.279. The van der Waals surface area contributed by atoms with Gasteiger partial charge in [-0.2, -0.15) is 0 Å². The van der Waals surface area contributed by atoms with Crippen LogP contribution in [0.2, 0.25) is 0 Å². The largest absolute Gasteiger partial charge is 0.459 e. The zero-order valence-corrected chi connectivity index (χ0v) is 29.4. The van der Waals surface area contributed by atoms with Gasteiger partial charge >= 0.3 is 35.8 Å². The number of methoxy groups -OCH3 is 1. The van der Waals surface area contributed by atoms with Crippen molar-refractivity contribution in [3.05, 3.63) is 23.8 Å². The summed E-state index contributed by atoms with van der Waals surface area (Å²) in [6.45, 7) is 8.21. The summed E-state index contributed by atoms with van der Waals surface area (Å²) in [6.07, 6.45) is -5.45. The highest BCUT2D eigenvalue weighted by Crippen LogP contribution is 2.63. The van der Waals surface area contributed by atoms with Crippen molar-refractivity contribution in [1.82, 2.24) is 0 Å². The first-order valence-corrected chi connectivity index (χ1v) is 16.3. The quantitative estimate of drug-likeness (QED) is 0.179. The van der Waals surface area contributed by atoms with Crippen LogP contribution in [0.4, 0.5) is 0 Å². The maximum atomic E-state index is 13.4. The summed E-state index contributed by atoms with van der Waals surface area (Å²) in [6, 6.07) is 0. The SMILES string of the molecule is COCC1=C/[C@@H]2OC(=O)[C@H](C)[C@@]2(O)[C@@H](OC(C)=O)[C@H]2[C@@]3(CO3)[C@H](OC(=O)CC(C)C)[C@H](OC(C)=O)[C@H](OC(C)=O)[C@]2(C)[C@@H](OC(=O)CO)/C=C\1. The highest BCUT2D eigenvalue weighted by molar-refractivity contribution is 5.78. The fourth-order valence-electron chi connectivity index (χ4n) is 7.61. The van der Waals surface area contributed by atoms with Crippen LogP contribution in [-0.2, 0) is 66.7 Å². The van der Waals surface area contributed by atoms with Crippen LogP contribution >= 0.6 is 0 Å². The number of aliphatic hydroxyl groups is 2. The van der Waals surface area contributed by atoms with E-state index in [1.807, 2.05) is 0 Å². The molecule has 3 fully saturated rings. The smallest absolute Gasteiger partial charge is 0.332 e. The summed E-state index contributed by atoms with van der Waals surface area (Å²) in [4.78, 5) is 78.2. The average molecular weight is 711 g/mol. The van der Waals surface area contributed by atoms with E-state index in [1.165, 1.54) is 39.2 Å². The number of fused-ring (bicyclic) bond motifs is 3. The molecule has 2 aliphatic heterocycles. The fourth-order valence-corrected chi connectivity index (χ4v) is 7.61. The molecule has 4 aliphatic rings. The molecule has 2 heterocycles. The van der Waals surface area contributed by atoms with E-state index in [9.17, 15) is 39.0 Å². The van der Waals surface area contributed by atoms with Gasteiger partial charge in [-0.05, 0) is 30.6 Å². The molecular weight excluding hydrogens is 664 g/mol. The van der Waals surface area contributed by atoms with Crippen molar-refractivity contribution in [3.63, 3.8) is 0 Å². The zero-order chi connectivity index (χ0) is 37.3. The Kier molecular flexibility index (Phi) is 11.5. The van der Waals surface area contributed by atoms with Crippen molar-refractivity contribution in [3.8, 4) is 0 Å². The Morgan fingerprint density at radius 2 is 1.54 bits per heavy atom. The first kappa shape index (κ1) is 38.9. The van der Waals surface area contributed by atoms with Crippen LogP contribution in [0.25, 0.3) is 0 Å². The van der Waals surface area contributed by atoms with Crippen LogP contribution in [-0.4, -0.2) is 121 Å². The average Bonchev–Trinajstić information content (AvgIpc) is 3.76. The van der Waals surface area contributed by atoms with Crippen molar-refractivity contribution in [2.24, 2.45) is 23.2 Å². The molecule has 0 bridgehead atoms. The number of carbonyl (C=O) groups excluding carboxylic acids is 6. The Labute approximate surface area is 289 Å². The van der Waals surface area contributed by atoms with Crippen molar-refractivity contribution in [1.29, 1.82) is 0 Å². The number of ether oxygens (including phenoxy) is 8. The second kappa shape index (κ2) is 14.8. The zero-order valence-electron chi connectivity index (χ0n) is 29.4. The van der Waals surface area contributed by atoms with Crippen molar-refractivity contribution in [2.75, 3.05) is 26.9 Å². The van der Waals surface area contributed by atoms with Gasteiger partial charge in [0.2, 0.25) is 0 Å². The summed E-state index contributed by atoms with van der Waals surface area (Å²) in [5.74, 6) is -8.37. The van der Waals surface area contributed by atoms with E-state index in [0.29, 0.717) is 5.57 Å². The number of epoxide rings is 1. The number of hydrogen-bond donors (Lipinski definition) is 2. The molecule has 0 aromatic carbocycles. The van der Waals surface area contributed by atoms with E-state index < -0.39 is 107 Å². The minimum Gasteiger partial charge on any atom is -0.459 e. The first-order valence-electron chi connectivity index (χ1n) is 16.3. The molecule has 278 valence electrons. The number of hydrogen-bond acceptors (Lipinski definition) is 16. The third-order valence-electron chi connectivity index (χ3n) is 9.75. The van der Waals surface area contributed by atoms with Gasteiger partial charge in [0.05, 0.1) is 24.5 Å². The molecule has 0 amide bonds. The van der Waals surface area contributed by atoms with Gasteiger partial charge in [0.1, 0.15) is 24.4 Å². The number of carbonyl (C=O) groups is 6. The molecule has 16 heteroatoms. The van der Waals surface area contributed by atoms with Crippen LogP contribution < -0.4 is 0 Å². The maximum absolute atomic E-state index is 13.4. The molecule has 1 saturated carbocycles. The van der Waals surface area contributed by atoms with Crippen LogP contribution in [0.1, 0.15) is 54.9 Å². The normalized spacial score (nSPS) is 39.1. The van der Waals surface area contributed by atoms with Gasteiger partial charge in [0, 0.05) is 40.2 Å². The van der Waals surface area contributed by atoms with Gasteiger partial charge in [-0.3, -0.25) is 24.0 Å². The lowest BCUT2D eigenvalue weighted by atomic mass is 9.51. The predicted octanol–water partition coefficient (Wildman–Crippen LogP) is 0.484. The number of aliphatic hydroxyl groups excluding tert-OH is 1. The Bertz CT molecular complexity index is 1430. The van der Waals surface area contributed by atoms with Crippen LogP contribution in [0.5, 0.6) is 0 Å². The fraction of sp³-hybridized carbons (Fsp3) is 0.706. The summed E-state index contributed by atoms with van der Waals surface area (Å²) in [7, 11) is 1.39. The first-order chi connectivity index (χ1) is 23.4. The predicted molar refractivity (Wildman–Crippen MR) is 166 cm³/mol. The summed E-state index contributed by atoms with van der Waals surface area (Å²) in [5, 5.41) is 22.6. The Morgan fingerprint density at radius 3 is 2.06 bits per heavy atom. The van der Waals surface area contributed by atoms with Gasteiger partial charge in [-0.15, -0.1) is 0 Å². The van der Waals surface area contributed by atoms with Crippen molar-refractivity contribution in [2.45, 2.75) is 103 Å². The number of esters is 6. The minimum atomic E-state index is -2.38. The molecule has 0 unspecified atom stereocenters. The highest BCUT2D eigenvalue weighted by Gasteiger charge is 2.81. The summed E-state index contributed by atoms with van der Waals surface area (Å²) < 4.78 is 46.6. The molecule has 11 atom stereocenters. The lowest BCUT2D eigenvalue weighted by Crippen LogP contribution is -2.76. The number of rotatable bonds is 10. The van der Waals surface area contributed by atoms with E-state index in [1.54, 1.807) is 13.8 Å². The van der Waals surface area contributed by atoms with Gasteiger partial charge in [0.25, 0.3) is 0 Å². The monoisotopic (exact) mass is 710 g/mol. The van der Waals surface area contributed by atoms with Gasteiger partial charge in [0.15, 0.2) is 30.0 Å². The van der Waals surface area contributed by atoms with Crippen LogP contribution in [0, 0.1) is 23.2 Å². The van der Waals surface area contributed by atoms with E-state index >= 15 is 0 Å².